The summed E-state index contributed by atoms with van der Waals surface area (Å²) in [6.07, 6.45) is 0. The van der Waals surface area contributed by atoms with Crippen LogP contribution in [-0.2, 0) is 6.54 Å². The molecule has 148 valence electrons. The van der Waals surface area contributed by atoms with Gasteiger partial charge >= 0.3 is 0 Å². The van der Waals surface area contributed by atoms with Crippen molar-refractivity contribution in [3.05, 3.63) is 101 Å². The lowest BCUT2D eigenvalue weighted by Gasteiger charge is -2.25. The second-order valence-electron chi connectivity index (χ2n) is 7.10. The highest BCUT2D eigenvalue weighted by Gasteiger charge is 2.14. The van der Waals surface area contributed by atoms with Gasteiger partial charge in [0, 0.05) is 29.4 Å². The maximum absolute atomic E-state index is 12.4. The molecule has 0 aliphatic heterocycles. The highest BCUT2D eigenvalue weighted by molar-refractivity contribution is 6.04. The Balaban J connectivity index is 1.67. The van der Waals surface area contributed by atoms with E-state index in [1.54, 1.807) is 24.3 Å². The molecule has 0 saturated carbocycles. The molecule has 3 rings (SSSR count). The highest BCUT2D eigenvalue weighted by Crippen LogP contribution is 2.24. The third kappa shape index (κ3) is 5.30. The Hall–Kier alpha value is -3.44. The van der Waals surface area contributed by atoms with E-state index >= 15 is 0 Å². The lowest BCUT2D eigenvalue weighted by Crippen LogP contribution is -2.22. The molecule has 0 unspecified atom stereocenters. The number of carbonyl (C=O) groups excluding carboxylic acids is 2. The van der Waals surface area contributed by atoms with Crippen LogP contribution in [0, 0.1) is 0 Å². The first kappa shape index (κ1) is 20.3. The van der Waals surface area contributed by atoms with Crippen molar-refractivity contribution in [3.8, 4) is 0 Å². The molecule has 0 aromatic heterocycles. The van der Waals surface area contributed by atoms with E-state index in [4.69, 9.17) is 5.73 Å². The van der Waals surface area contributed by atoms with Crippen LogP contribution in [0.2, 0.25) is 0 Å². The number of rotatable bonds is 7. The predicted molar refractivity (Wildman–Crippen MR) is 116 cm³/mol. The monoisotopic (exact) mass is 387 g/mol. The van der Waals surface area contributed by atoms with Crippen LogP contribution in [-0.4, -0.2) is 23.8 Å². The summed E-state index contributed by atoms with van der Waals surface area (Å²) >= 11 is 0. The van der Waals surface area contributed by atoms with Crippen molar-refractivity contribution < 1.29 is 9.59 Å². The number of amides is 2. The van der Waals surface area contributed by atoms with Crippen LogP contribution in [0.15, 0.2) is 78.9 Å². The molecule has 1 atom stereocenters. The first-order valence-corrected chi connectivity index (χ1v) is 9.49. The predicted octanol–water partition coefficient (Wildman–Crippen LogP) is 4.23. The van der Waals surface area contributed by atoms with E-state index in [0.717, 1.165) is 23.4 Å². The lowest BCUT2D eigenvalue weighted by atomic mass is 10.0. The van der Waals surface area contributed by atoms with Gasteiger partial charge < -0.3 is 11.1 Å². The molecule has 3 aromatic carbocycles. The van der Waals surface area contributed by atoms with Gasteiger partial charge in [0.2, 0.25) is 5.91 Å². The van der Waals surface area contributed by atoms with Crippen molar-refractivity contribution in [2.75, 3.05) is 12.4 Å². The molecule has 5 heteroatoms. The number of nitrogens with one attached hydrogen (secondary N) is 1. The largest absolute Gasteiger partial charge is 0.366 e. The first-order valence-electron chi connectivity index (χ1n) is 9.49. The average Bonchev–Trinajstić information content (AvgIpc) is 2.74. The maximum atomic E-state index is 12.4. The molecular formula is C24H25N3O2. The van der Waals surface area contributed by atoms with Gasteiger partial charge in [0.15, 0.2) is 0 Å². The van der Waals surface area contributed by atoms with Crippen LogP contribution in [0.5, 0.6) is 0 Å². The average molecular weight is 387 g/mol. The summed E-state index contributed by atoms with van der Waals surface area (Å²) in [7, 11) is 2.04. The summed E-state index contributed by atoms with van der Waals surface area (Å²) in [4.78, 5) is 25.8. The topological polar surface area (TPSA) is 75.4 Å². The Bertz CT molecular complexity index is 985. The van der Waals surface area contributed by atoms with Gasteiger partial charge in [-0.3, -0.25) is 14.5 Å². The quantitative estimate of drug-likeness (QED) is 0.637. The first-order chi connectivity index (χ1) is 13.9. The van der Waals surface area contributed by atoms with Gasteiger partial charge in [-0.05, 0) is 61.5 Å². The number of benzene rings is 3. The van der Waals surface area contributed by atoms with Gasteiger partial charge in [0.05, 0.1) is 0 Å². The van der Waals surface area contributed by atoms with Gasteiger partial charge in [-0.15, -0.1) is 0 Å². The van der Waals surface area contributed by atoms with Crippen molar-refractivity contribution in [3.63, 3.8) is 0 Å². The number of anilines is 1. The number of hydrogen-bond acceptors (Lipinski definition) is 3. The van der Waals surface area contributed by atoms with Crippen molar-refractivity contribution in [2.45, 2.75) is 19.5 Å². The van der Waals surface area contributed by atoms with Crippen LogP contribution >= 0.6 is 0 Å². The van der Waals surface area contributed by atoms with E-state index < -0.39 is 5.91 Å². The summed E-state index contributed by atoms with van der Waals surface area (Å²) in [6, 6.07) is 24.5. The molecule has 0 heterocycles. The number of hydrogen-bond donors (Lipinski definition) is 2. The molecule has 0 radical (unpaired) electrons. The zero-order valence-electron chi connectivity index (χ0n) is 16.6. The van der Waals surface area contributed by atoms with E-state index in [0.29, 0.717) is 11.1 Å². The third-order valence-corrected chi connectivity index (χ3v) is 4.99. The summed E-state index contributed by atoms with van der Waals surface area (Å²) < 4.78 is 0. The Morgan fingerprint density at radius 1 is 0.931 bits per heavy atom. The fraction of sp³-hybridized carbons (Fsp3) is 0.167. The molecule has 29 heavy (non-hydrogen) atoms. The van der Waals surface area contributed by atoms with Crippen LogP contribution in [0.4, 0.5) is 5.69 Å². The number of carbonyl (C=O) groups is 2. The minimum atomic E-state index is -0.423. The molecule has 2 amide bonds. The standard InChI is InChI=1S/C24H25N3O2/c1-17(27(2)16-18-11-13-19(14-12-18)23(25)28)21-9-6-10-22(15-21)26-24(29)20-7-4-3-5-8-20/h3-15,17H,16H2,1-2H3,(H2,25,28)(H,26,29)/t17-/m0/s1. The SMILES string of the molecule is C[C@@H](c1cccc(NC(=O)c2ccccc2)c1)N(C)Cc1ccc(C(N)=O)cc1. The minimum Gasteiger partial charge on any atom is -0.366 e. The van der Waals surface area contributed by atoms with Crippen LogP contribution in [0.25, 0.3) is 0 Å². The normalized spacial score (nSPS) is 11.8. The lowest BCUT2D eigenvalue weighted by molar-refractivity contribution is 0.0997. The zero-order valence-corrected chi connectivity index (χ0v) is 16.6. The van der Waals surface area contributed by atoms with Crippen LogP contribution < -0.4 is 11.1 Å². The van der Waals surface area contributed by atoms with Crippen LogP contribution in [0.3, 0.4) is 0 Å². The van der Waals surface area contributed by atoms with Gasteiger partial charge in [0.1, 0.15) is 0 Å². The fourth-order valence-electron chi connectivity index (χ4n) is 3.12. The molecule has 3 N–H and O–H groups in total. The van der Waals surface area contributed by atoms with Gasteiger partial charge in [0.25, 0.3) is 5.91 Å². The zero-order chi connectivity index (χ0) is 20.8. The molecule has 5 nitrogen and oxygen atoms in total. The summed E-state index contributed by atoms with van der Waals surface area (Å²) in [5, 5.41) is 2.96. The molecule has 0 fully saturated rings. The van der Waals surface area contributed by atoms with Crippen molar-refractivity contribution in [1.29, 1.82) is 0 Å². The van der Waals surface area contributed by atoms with E-state index in [9.17, 15) is 9.59 Å². The maximum Gasteiger partial charge on any atom is 0.255 e. The highest BCUT2D eigenvalue weighted by atomic mass is 16.2. The summed E-state index contributed by atoms with van der Waals surface area (Å²) in [6.45, 7) is 2.84. The molecular weight excluding hydrogens is 362 g/mol. The van der Waals surface area contributed by atoms with Gasteiger partial charge in [-0.1, -0.05) is 42.5 Å². The second kappa shape index (κ2) is 9.17. The Kier molecular flexibility index (Phi) is 6.42. The van der Waals surface area contributed by atoms with Crippen LogP contribution in [0.1, 0.15) is 44.8 Å². The van der Waals surface area contributed by atoms with Gasteiger partial charge in [-0.25, -0.2) is 0 Å². The number of nitrogens with zero attached hydrogens (tertiary/aromatic N) is 1. The third-order valence-electron chi connectivity index (χ3n) is 4.99. The Morgan fingerprint density at radius 3 is 2.28 bits per heavy atom. The molecule has 3 aromatic rings. The Morgan fingerprint density at radius 2 is 1.62 bits per heavy atom. The van der Waals surface area contributed by atoms with Crippen molar-refractivity contribution >= 4 is 17.5 Å². The molecule has 0 aliphatic rings. The summed E-state index contributed by atoms with van der Waals surface area (Å²) in [5.41, 5.74) is 9.39. The van der Waals surface area contributed by atoms with E-state index in [1.807, 2.05) is 55.6 Å². The minimum absolute atomic E-state index is 0.127. The number of nitrogens with two attached hydrogens (primary N) is 1. The fourth-order valence-corrected chi connectivity index (χ4v) is 3.12. The van der Waals surface area contributed by atoms with E-state index in [1.165, 1.54) is 0 Å². The van der Waals surface area contributed by atoms with Gasteiger partial charge in [-0.2, -0.15) is 0 Å². The smallest absolute Gasteiger partial charge is 0.255 e. The summed E-state index contributed by atoms with van der Waals surface area (Å²) in [5.74, 6) is -0.550. The van der Waals surface area contributed by atoms with E-state index in [-0.39, 0.29) is 11.9 Å². The Labute approximate surface area is 171 Å². The van der Waals surface area contributed by atoms with Crippen molar-refractivity contribution in [1.82, 2.24) is 4.90 Å². The van der Waals surface area contributed by atoms with E-state index in [2.05, 4.69) is 23.2 Å². The number of primary amides is 1. The molecule has 0 saturated heterocycles. The second-order valence-corrected chi connectivity index (χ2v) is 7.10. The molecule has 0 spiro atoms. The molecule has 0 bridgehead atoms. The molecule has 0 aliphatic carbocycles. The van der Waals surface area contributed by atoms with Crippen molar-refractivity contribution in [2.24, 2.45) is 5.73 Å².